The van der Waals surface area contributed by atoms with Crippen molar-refractivity contribution in [2.24, 2.45) is 34.5 Å². The predicted molar refractivity (Wildman–Crippen MR) is 145 cm³/mol. The van der Waals surface area contributed by atoms with Crippen molar-refractivity contribution in [3.05, 3.63) is 11.6 Å². The third kappa shape index (κ3) is 4.46. The fourth-order valence-corrected chi connectivity index (χ4v) is 10.5. The monoisotopic (exact) mass is 580 g/mol. The maximum atomic E-state index is 12.5. The fourth-order valence-electron chi connectivity index (χ4n) is 10.5. The van der Waals surface area contributed by atoms with Crippen LogP contribution in [0.1, 0.15) is 64.7 Å². The molecule has 5 fully saturated rings. The number of rotatable bonds is 7. The third-order valence-corrected chi connectivity index (χ3v) is 12.6. The lowest BCUT2D eigenvalue weighted by atomic mass is 9.43. The van der Waals surface area contributed by atoms with E-state index in [-0.39, 0.29) is 59.8 Å². The zero-order valence-electron chi connectivity index (χ0n) is 24.6. The minimum atomic E-state index is -1.03. The third-order valence-electron chi connectivity index (χ3n) is 12.6. The Morgan fingerprint density at radius 2 is 1.78 bits per heavy atom. The second-order valence-corrected chi connectivity index (χ2v) is 13.8. The Morgan fingerprint density at radius 3 is 2.44 bits per heavy atom. The summed E-state index contributed by atoms with van der Waals surface area (Å²) >= 11 is 0. The number of ether oxygens (including phenoxy) is 5. The highest BCUT2D eigenvalue weighted by Gasteiger charge is 2.68. The van der Waals surface area contributed by atoms with E-state index in [1.54, 1.807) is 6.08 Å². The van der Waals surface area contributed by atoms with E-state index in [1.807, 2.05) is 0 Å². The lowest BCUT2D eigenvalue weighted by molar-refractivity contribution is -0.324. The molecule has 1 saturated heterocycles. The molecule has 0 radical (unpaired) electrons. The molecule has 0 aromatic carbocycles. The van der Waals surface area contributed by atoms with Gasteiger partial charge in [-0.1, -0.05) is 6.92 Å². The van der Waals surface area contributed by atoms with Crippen LogP contribution in [0, 0.1) is 34.5 Å². The van der Waals surface area contributed by atoms with Gasteiger partial charge in [-0.25, -0.2) is 4.79 Å². The number of aliphatic hydroxyl groups is 4. The van der Waals surface area contributed by atoms with Crippen LogP contribution in [0.3, 0.4) is 0 Å². The van der Waals surface area contributed by atoms with Crippen LogP contribution >= 0.6 is 0 Å². The topological polar surface area (TPSA) is 144 Å². The summed E-state index contributed by atoms with van der Waals surface area (Å²) in [4.78, 5) is 11.8. The zero-order valence-corrected chi connectivity index (χ0v) is 24.6. The molecule has 0 amide bonds. The summed E-state index contributed by atoms with van der Waals surface area (Å²) < 4.78 is 28.8. The molecule has 0 spiro atoms. The van der Waals surface area contributed by atoms with Crippen molar-refractivity contribution >= 4 is 5.97 Å². The largest absolute Gasteiger partial charge is 0.458 e. The Morgan fingerprint density at radius 1 is 1.00 bits per heavy atom. The van der Waals surface area contributed by atoms with Crippen LogP contribution in [0.25, 0.3) is 0 Å². The molecule has 13 unspecified atom stereocenters. The number of carbonyl (C=O) groups is 1. The number of hydrogen-bond donors (Lipinski definition) is 4. The van der Waals surface area contributed by atoms with Gasteiger partial charge in [0, 0.05) is 32.3 Å². The van der Waals surface area contributed by atoms with E-state index in [1.165, 1.54) is 14.2 Å². The molecule has 4 N–H and O–H groups in total. The lowest BCUT2D eigenvalue weighted by Gasteiger charge is -2.64. The van der Waals surface area contributed by atoms with E-state index in [0.29, 0.717) is 6.61 Å². The van der Waals surface area contributed by atoms with Crippen molar-refractivity contribution in [2.45, 2.75) is 107 Å². The van der Waals surface area contributed by atoms with Crippen molar-refractivity contribution in [1.82, 2.24) is 0 Å². The van der Waals surface area contributed by atoms with Gasteiger partial charge in [0.15, 0.2) is 6.29 Å². The first-order valence-corrected chi connectivity index (χ1v) is 15.5. The van der Waals surface area contributed by atoms with E-state index in [0.717, 1.165) is 63.4 Å². The maximum Gasteiger partial charge on any atom is 0.331 e. The number of esters is 1. The summed E-state index contributed by atoms with van der Waals surface area (Å²) in [5, 5.41) is 43.8. The first-order chi connectivity index (χ1) is 19.7. The SMILES string of the molecule is COC1C(OC2CCC3(CO)C(CCC4C3CCC3(C)C(C5=CC(=O)OC5)CCC43O)C2)OC(CO)C(O)C1OC. The average molecular weight is 581 g/mol. The molecule has 41 heavy (non-hydrogen) atoms. The molecule has 2 heterocycles. The Bertz CT molecular complexity index is 1020. The number of fused-ring (bicyclic) bond motifs is 5. The minimum absolute atomic E-state index is 0.0976. The highest BCUT2D eigenvalue weighted by molar-refractivity contribution is 5.85. The van der Waals surface area contributed by atoms with Crippen LogP contribution in [-0.4, -0.2) is 103 Å². The first kappa shape index (κ1) is 29.9. The van der Waals surface area contributed by atoms with Gasteiger partial charge >= 0.3 is 5.97 Å². The van der Waals surface area contributed by atoms with Crippen LogP contribution in [-0.2, 0) is 28.5 Å². The Labute approximate surface area is 242 Å². The second-order valence-electron chi connectivity index (χ2n) is 13.8. The lowest BCUT2D eigenvalue weighted by Crippen LogP contribution is -2.64. The van der Waals surface area contributed by atoms with Crippen molar-refractivity contribution in [3.8, 4) is 0 Å². The van der Waals surface area contributed by atoms with Crippen molar-refractivity contribution in [1.29, 1.82) is 0 Å². The standard InChI is InChI=1S/C31H48O10/c1-29-9-7-21-22(31(29,36)11-8-20(29)17-12-24(34)39-15-17)5-4-18-13-19(6-10-30(18,21)16-33)40-28-27(38-3)26(37-2)25(35)23(14-32)41-28/h12,18-23,25-28,32-33,35-36H,4-11,13-16H2,1-3H3. The van der Waals surface area contributed by atoms with Gasteiger partial charge in [-0.05, 0) is 92.4 Å². The summed E-state index contributed by atoms with van der Waals surface area (Å²) in [6.07, 6.45) is 5.06. The van der Waals surface area contributed by atoms with E-state index in [9.17, 15) is 25.2 Å². The van der Waals surface area contributed by atoms with Crippen LogP contribution in [0.4, 0.5) is 0 Å². The van der Waals surface area contributed by atoms with Gasteiger partial charge in [0.25, 0.3) is 0 Å². The van der Waals surface area contributed by atoms with Crippen molar-refractivity contribution in [2.75, 3.05) is 34.0 Å². The number of carbonyl (C=O) groups excluding carboxylic acids is 1. The molecule has 10 nitrogen and oxygen atoms in total. The summed E-state index contributed by atoms with van der Waals surface area (Å²) in [7, 11) is 3.03. The number of methoxy groups -OCH3 is 2. The summed E-state index contributed by atoms with van der Waals surface area (Å²) in [5.41, 5.74) is -0.376. The molecule has 0 aromatic rings. The molecule has 232 valence electrons. The molecule has 0 bridgehead atoms. The van der Waals surface area contributed by atoms with Crippen LogP contribution in [0.5, 0.6) is 0 Å². The van der Waals surface area contributed by atoms with E-state index in [2.05, 4.69) is 6.92 Å². The molecule has 2 aliphatic heterocycles. The molecule has 6 aliphatic rings. The Hall–Kier alpha value is -1.11. The van der Waals surface area contributed by atoms with Crippen molar-refractivity contribution in [3.63, 3.8) is 0 Å². The number of hydrogen-bond acceptors (Lipinski definition) is 10. The summed E-state index contributed by atoms with van der Waals surface area (Å²) in [5.74, 6) is 0.461. The highest BCUT2D eigenvalue weighted by atomic mass is 16.7. The molecular formula is C31H48O10. The van der Waals surface area contributed by atoms with E-state index >= 15 is 0 Å². The second kappa shape index (κ2) is 11.1. The van der Waals surface area contributed by atoms with Gasteiger partial charge in [0.05, 0.1) is 18.3 Å². The minimum Gasteiger partial charge on any atom is -0.458 e. The van der Waals surface area contributed by atoms with Gasteiger partial charge in [-0.15, -0.1) is 0 Å². The number of cyclic esters (lactones) is 1. The van der Waals surface area contributed by atoms with Gasteiger partial charge in [0.2, 0.25) is 0 Å². The van der Waals surface area contributed by atoms with Gasteiger partial charge < -0.3 is 44.1 Å². The molecule has 13 atom stereocenters. The highest BCUT2D eigenvalue weighted by Crippen LogP contribution is 2.70. The molecule has 0 aromatic heterocycles. The molecule has 6 rings (SSSR count). The van der Waals surface area contributed by atoms with E-state index < -0.39 is 36.3 Å². The summed E-state index contributed by atoms with van der Waals surface area (Å²) in [6.45, 7) is 2.29. The van der Waals surface area contributed by atoms with Crippen LogP contribution < -0.4 is 0 Å². The van der Waals surface area contributed by atoms with Crippen molar-refractivity contribution < 1.29 is 48.9 Å². The smallest absolute Gasteiger partial charge is 0.331 e. The van der Waals surface area contributed by atoms with Gasteiger partial charge in [-0.3, -0.25) is 0 Å². The molecule has 10 heteroatoms. The molecule has 4 aliphatic carbocycles. The van der Waals surface area contributed by atoms with Gasteiger partial charge in [0.1, 0.15) is 31.0 Å². The first-order valence-electron chi connectivity index (χ1n) is 15.5. The Balaban J connectivity index is 1.18. The quantitative estimate of drug-likeness (QED) is 0.260. The maximum absolute atomic E-state index is 12.5. The van der Waals surface area contributed by atoms with E-state index in [4.69, 9.17) is 23.7 Å². The fraction of sp³-hybridized carbons (Fsp3) is 0.903. The normalized spacial score (nSPS) is 51.4. The van der Waals surface area contributed by atoms with Crippen LogP contribution in [0.15, 0.2) is 11.6 Å². The zero-order chi connectivity index (χ0) is 29.2. The molecular weight excluding hydrogens is 532 g/mol. The Kier molecular flexibility index (Phi) is 8.11. The average Bonchev–Trinajstić information content (AvgIpc) is 3.52. The van der Waals surface area contributed by atoms with Gasteiger partial charge in [-0.2, -0.15) is 0 Å². The predicted octanol–water partition coefficient (Wildman–Crippen LogP) is 1.71. The van der Waals surface area contributed by atoms with Crippen LogP contribution in [0.2, 0.25) is 0 Å². The summed E-state index contributed by atoms with van der Waals surface area (Å²) in [6, 6.07) is 0. The molecule has 4 saturated carbocycles. The number of aliphatic hydroxyl groups excluding tert-OH is 3.